The van der Waals surface area contributed by atoms with E-state index in [-0.39, 0.29) is 5.95 Å². The lowest BCUT2D eigenvalue weighted by atomic mass is 10.2. The smallest absolute Gasteiger partial charge is 0.222 e. The van der Waals surface area contributed by atoms with Crippen LogP contribution in [0.3, 0.4) is 0 Å². The number of hydrogen-bond acceptors (Lipinski definition) is 5. The Balaban J connectivity index is 2.31. The molecule has 0 atom stereocenters. The Hall–Kier alpha value is -2.76. The number of rotatable bonds is 4. The van der Waals surface area contributed by atoms with Crippen LogP contribution in [0.5, 0.6) is 5.75 Å². The van der Waals surface area contributed by atoms with E-state index in [9.17, 15) is 0 Å². The zero-order valence-electron chi connectivity index (χ0n) is 12.0. The number of nitrogens with two attached hydrogens (primary N) is 1. The van der Waals surface area contributed by atoms with Crippen molar-refractivity contribution in [1.29, 1.82) is 0 Å². The summed E-state index contributed by atoms with van der Waals surface area (Å²) in [4.78, 5) is 4.38. The fraction of sp³-hybridized carbons (Fsp3) is 0.200. The van der Waals surface area contributed by atoms with Gasteiger partial charge in [-0.25, -0.2) is 4.98 Å². The second-order valence-electron chi connectivity index (χ2n) is 4.51. The summed E-state index contributed by atoms with van der Waals surface area (Å²) in [5, 5.41) is 5.31. The lowest BCUT2D eigenvalue weighted by Crippen LogP contribution is -2.03. The fourth-order valence-electron chi connectivity index (χ4n) is 2.30. The van der Waals surface area contributed by atoms with Crippen molar-refractivity contribution in [3.63, 3.8) is 0 Å². The van der Waals surface area contributed by atoms with Crippen molar-refractivity contribution in [2.24, 2.45) is 0 Å². The molecule has 0 aliphatic heterocycles. The van der Waals surface area contributed by atoms with Gasteiger partial charge in [-0.3, -0.25) is 0 Å². The van der Waals surface area contributed by atoms with Crippen molar-refractivity contribution in [3.05, 3.63) is 36.5 Å². The molecule has 0 amide bonds. The third kappa shape index (κ3) is 2.05. The second kappa shape index (κ2) is 4.97. The van der Waals surface area contributed by atoms with Gasteiger partial charge in [0.05, 0.1) is 19.2 Å². The Morgan fingerprint density at radius 3 is 2.95 bits per heavy atom. The SMILES string of the molecule is C=C(OCC)c1cc2c3cccc(OC)c3nc(N)n2n1. The summed E-state index contributed by atoms with van der Waals surface area (Å²) in [6.07, 6.45) is 0. The van der Waals surface area contributed by atoms with Gasteiger partial charge in [-0.1, -0.05) is 18.7 Å². The maximum absolute atomic E-state index is 6.00. The number of methoxy groups -OCH3 is 1. The maximum atomic E-state index is 6.00. The third-order valence-corrected chi connectivity index (χ3v) is 3.25. The van der Waals surface area contributed by atoms with E-state index in [2.05, 4.69) is 16.7 Å². The maximum Gasteiger partial charge on any atom is 0.222 e. The first kappa shape index (κ1) is 13.2. The van der Waals surface area contributed by atoms with Crippen LogP contribution in [0, 0.1) is 0 Å². The highest BCUT2D eigenvalue weighted by molar-refractivity contribution is 5.98. The molecule has 0 unspecified atom stereocenters. The van der Waals surface area contributed by atoms with E-state index >= 15 is 0 Å². The van der Waals surface area contributed by atoms with Crippen LogP contribution in [0.1, 0.15) is 12.6 Å². The number of para-hydroxylation sites is 1. The first-order valence-corrected chi connectivity index (χ1v) is 6.59. The lowest BCUT2D eigenvalue weighted by molar-refractivity contribution is 0.297. The highest BCUT2D eigenvalue weighted by Crippen LogP contribution is 2.29. The molecule has 108 valence electrons. The summed E-state index contributed by atoms with van der Waals surface area (Å²) >= 11 is 0. The quantitative estimate of drug-likeness (QED) is 0.745. The standard InChI is InChI=1S/C15H16N4O2/c1-4-21-9(2)11-8-12-10-6-5-7-13(20-3)14(10)17-15(16)19(12)18-11/h5-8H,2,4H2,1,3H3,(H2,16,17). The van der Waals surface area contributed by atoms with Crippen molar-refractivity contribution < 1.29 is 9.47 Å². The monoisotopic (exact) mass is 284 g/mol. The molecule has 6 nitrogen and oxygen atoms in total. The van der Waals surface area contributed by atoms with Crippen molar-refractivity contribution in [2.75, 3.05) is 19.5 Å². The Labute approximate surface area is 121 Å². The van der Waals surface area contributed by atoms with Gasteiger partial charge in [0.15, 0.2) is 0 Å². The van der Waals surface area contributed by atoms with Gasteiger partial charge in [-0.15, -0.1) is 0 Å². The Morgan fingerprint density at radius 2 is 2.24 bits per heavy atom. The summed E-state index contributed by atoms with van der Waals surface area (Å²) in [6.45, 7) is 6.31. The molecule has 0 fully saturated rings. The highest BCUT2D eigenvalue weighted by atomic mass is 16.5. The molecular weight excluding hydrogens is 268 g/mol. The van der Waals surface area contributed by atoms with Gasteiger partial charge < -0.3 is 15.2 Å². The Kier molecular flexibility index (Phi) is 3.13. The van der Waals surface area contributed by atoms with Crippen LogP contribution in [0.25, 0.3) is 22.2 Å². The number of anilines is 1. The molecule has 0 saturated carbocycles. The average molecular weight is 284 g/mol. The average Bonchev–Trinajstić information content (AvgIpc) is 2.93. The number of nitrogens with zero attached hydrogens (tertiary/aromatic N) is 3. The minimum absolute atomic E-state index is 0.289. The van der Waals surface area contributed by atoms with Gasteiger partial charge >= 0.3 is 0 Å². The molecular formula is C15H16N4O2. The number of benzene rings is 1. The molecule has 2 heterocycles. The molecule has 21 heavy (non-hydrogen) atoms. The number of nitrogen functional groups attached to an aromatic ring is 1. The van der Waals surface area contributed by atoms with Crippen LogP contribution in [0.2, 0.25) is 0 Å². The molecule has 0 spiro atoms. The first-order valence-electron chi connectivity index (χ1n) is 6.59. The van der Waals surface area contributed by atoms with Crippen molar-refractivity contribution in [3.8, 4) is 5.75 Å². The predicted molar refractivity (Wildman–Crippen MR) is 82.1 cm³/mol. The topological polar surface area (TPSA) is 74.7 Å². The van der Waals surface area contributed by atoms with Gasteiger partial charge in [-0.05, 0) is 19.1 Å². The summed E-state index contributed by atoms with van der Waals surface area (Å²) in [7, 11) is 1.61. The molecule has 2 N–H and O–H groups in total. The van der Waals surface area contributed by atoms with Crippen LogP contribution in [0.4, 0.5) is 5.95 Å². The zero-order valence-corrected chi connectivity index (χ0v) is 12.0. The van der Waals surface area contributed by atoms with Crippen LogP contribution >= 0.6 is 0 Å². The normalized spacial score (nSPS) is 11.0. The minimum Gasteiger partial charge on any atom is -0.494 e. The van der Waals surface area contributed by atoms with E-state index in [0.717, 1.165) is 10.9 Å². The van der Waals surface area contributed by atoms with Gasteiger partial charge in [0, 0.05) is 5.39 Å². The Morgan fingerprint density at radius 1 is 1.43 bits per heavy atom. The molecule has 6 heteroatoms. The number of hydrogen-bond donors (Lipinski definition) is 1. The molecule has 1 aromatic carbocycles. The summed E-state index contributed by atoms with van der Waals surface area (Å²) in [6, 6.07) is 7.59. The number of fused-ring (bicyclic) bond motifs is 3. The van der Waals surface area contributed by atoms with Crippen LogP contribution < -0.4 is 10.5 Å². The molecule has 0 bridgehead atoms. The molecule has 0 aliphatic rings. The van der Waals surface area contributed by atoms with Crippen molar-refractivity contribution in [2.45, 2.75) is 6.92 Å². The predicted octanol–water partition coefficient (Wildman–Crippen LogP) is 2.48. The summed E-state index contributed by atoms with van der Waals surface area (Å²) in [5.41, 5.74) is 8.18. The Bertz CT molecular complexity index is 838. The van der Waals surface area contributed by atoms with E-state index in [1.807, 2.05) is 31.2 Å². The summed E-state index contributed by atoms with van der Waals surface area (Å²) in [5.74, 6) is 1.47. The van der Waals surface area contributed by atoms with E-state index in [0.29, 0.717) is 29.3 Å². The van der Waals surface area contributed by atoms with Crippen LogP contribution in [-0.4, -0.2) is 28.3 Å². The molecule has 0 saturated heterocycles. The van der Waals surface area contributed by atoms with Crippen LogP contribution in [0.15, 0.2) is 30.8 Å². The van der Waals surface area contributed by atoms with Crippen molar-refractivity contribution >= 4 is 28.1 Å². The van der Waals surface area contributed by atoms with Crippen molar-refractivity contribution in [1.82, 2.24) is 14.6 Å². The molecule has 2 aromatic heterocycles. The van der Waals surface area contributed by atoms with E-state index in [1.54, 1.807) is 11.6 Å². The second-order valence-corrected chi connectivity index (χ2v) is 4.51. The van der Waals surface area contributed by atoms with Gasteiger partial charge in [0.2, 0.25) is 5.95 Å². The fourth-order valence-corrected chi connectivity index (χ4v) is 2.30. The third-order valence-electron chi connectivity index (χ3n) is 3.25. The molecule has 0 aliphatic carbocycles. The van der Waals surface area contributed by atoms with Crippen LogP contribution in [-0.2, 0) is 4.74 Å². The lowest BCUT2D eigenvalue weighted by Gasteiger charge is -2.07. The number of ether oxygens (including phenoxy) is 2. The highest BCUT2D eigenvalue weighted by Gasteiger charge is 2.14. The van der Waals surface area contributed by atoms with E-state index < -0.39 is 0 Å². The molecule has 3 rings (SSSR count). The first-order chi connectivity index (χ1) is 10.2. The van der Waals surface area contributed by atoms with E-state index in [4.69, 9.17) is 15.2 Å². The van der Waals surface area contributed by atoms with Gasteiger partial charge in [0.1, 0.15) is 22.7 Å². The molecule has 3 aromatic rings. The number of aromatic nitrogens is 3. The van der Waals surface area contributed by atoms with E-state index in [1.165, 1.54) is 0 Å². The summed E-state index contributed by atoms with van der Waals surface area (Å²) < 4.78 is 12.3. The minimum atomic E-state index is 0.289. The van der Waals surface area contributed by atoms with Gasteiger partial charge in [-0.2, -0.15) is 9.61 Å². The zero-order chi connectivity index (χ0) is 15.0. The largest absolute Gasteiger partial charge is 0.494 e. The van der Waals surface area contributed by atoms with Gasteiger partial charge in [0.25, 0.3) is 0 Å². The molecule has 0 radical (unpaired) electrons.